The van der Waals surface area contributed by atoms with Crippen molar-refractivity contribution in [1.82, 2.24) is 14.8 Å². The van der Waals surface area contributed by atoms with E-state index < -0.39 is 0 Å². The van der Waals surface area contributed by atoms with E-state index in [1.807, 2.05) is 24.3 Å². The van der Waals surface area contributed by atoms with Crippen LogP contribution < -0.4 is 10.1 Å². The van der Waals surface area contributed by atoms with Crippen molar-refractivity contribution in [2.24, 2.45) is 5.92 Å². The second-order valence-electron chi connectivity index (χ2n) is 9.88. The van der Waals surface area contributed by atoms with Gasteiger partial charge in [-0.15, -0.1) is 0 Å². The van der Waals surface area contributed by atoms with E-state index in [0.717, 1.165) is 50.3 Å². The van der Waals surface area contributed by atoms with Crippen LogP contribution in [0.5, 0.6) is 5.75 Å². The molecular formula is C31H35N3O2. The quantitative estimate of drug-likeness (QED) is 0.360. The first-order chi connectivity index (χ1) is 17.6. The number of nitrogens with zero attached hydrogens (tertiary/aromatic N) is 2. The van der Waals surface area contributed by atoms with Crippen LogP contribution in [-0.2, 0) is 24.4 Å². The maximum atomic E-state index is 12.8. The van der Waals surface area contributed by atoms with E-state index in [1.54, 1.807) is 7.11 Å². The number of aryl methyl sites for hydroxylation is 1. The van der Waals surface area contributed by atoms with Crippen molar-refractivity contribution in [3.63, 3.8) is 0 Å². The summed E-state index contributed by atoms with van der Waals surface area (Å²) >= 11 is 0. The van der Waals surface area contributed by atoms with Gasteiger partial charge in [-0.25, -0.2) is 0 Å². The van der Waals surface area contributed by atoms with Gasteiger partial charge in [0.05, 0.1) is 7.11 Å². The zero-order valence-corrected chi connectivity index (χ0v) is 21.2. The van der Waals surface area contributed by atoms with Crippen molar-refractivity contribution in [3.05, 3.63) is 101 Å². The van der Waals surface area contributed by atoms with Crippen LogP contribution in [0.4, 0.5) is 0 Å². The molecule has 1 aliphatic rings. The van der Waals surface area contributed by atoms with Crippen molar-refractivity contribution in [1.29, 1.82) is 0 Å². The van der Waals surface area contributed by atoms with Crippen LogP contribution in [-0.4, -0.2) is 35.6 Å². The molecule has 1 fully saturated rings. The predicted molar refractivity (Wildman–Crippen MR) is 145 cm³/mol. The monoisotopic (exact) mass is 481 g/mol. The average Bonchev–Trinajstić information content (AvgIpc) is 3.26. The summed E-state index contributed by atoms with van der Waals surface area (Å²) < 4.78 is 7.66. The van der Waals surface area contributed by atoms with E-state index in [1.165, 1.54) is 27.7 Å². The summed E-state index contributed by atoms with van der Waals surface area (Å²) in [6.45, 7) is 6.33. The topological polar surface area (TPSA) is 46.5 Å². The van der Waals surface area contributed by atoms with Gasteiger partial charge < -0.3 is 14.6 Å². The Hall–Kier alpha value is -3.57. The van der Waals surface area contributed by atoms with Gasteiger partial charge in [0.25, 0.3) is 0 Å². The minimum absolute atomic E-state index is 0.0814. The number of carbonyl (C=O) groups is 1. The number of likely N-dealkylation sites (tertiary alicyclic amines) is 1. The SMILES string of the molecule is COc1ccc(CNC(=O)C2CCN(Cc3cc4ccccc4n3Cc3ccc(C)cc3)CC2)cc1. The Balaban J connectivity index is 1.19. The van der Waals surface area contributed by atoms with Crippen LogP contribution in [0.1, 0.15) is 35.2 Å². The standard InChI is InChI=1S/C31H35N3O2/c1-23-7-9-25(10-8-23)21-34-28(19-27-5-3-4-6-30(27)34)22-33-17-15-26(16-18-33)31(35)32-20-24-11-13-29(36-2)14-12-24/h3-14,19,26H,15-18,20-22H2,1-2H3,(H,32,35). The molecule has 0 radical (unpaired) electrons. The van der Waals surface area contributed by atoms with Crippen LogP contribution in [0.25, 0.3) is 10.9 Å². The number of amides is 1. The van der Waals surface area contributed by atoms with Gasteiger partial charge in [0.15, 0.2) is 0 Å². The van der Waals surface area contributed by atoms with Crippen LogP contribution in [0.2, 0.25) is 0 Å². The van der Waals surface area contributed by atoms with Gasteiger partial charge in [-0.05, 0) is 73.6 Å². The number of hydrogen-bond acceptors (Lipinski definition) is 3. The van der Waals surface area contributed by atoms with Crippen molar-refractivity contribution < 1.29 is 9.53 Å². The number of hydrogen-bond donors (Lipinski definition) is 1. The highest BCUT2D eigenvalue weighted by molar-refractivity contribution is 5.81. The molecular weight excluding hydrogens is 446 g/mol. The molecule has 4 aromatic rings. The minimum atomic E-state index is 0.0814. The Kier molecular flexibility index (Phi) is 7.38. The smallest absolute Gasteiger partial charge is 0.223 e. The van der Waals surface area contributed by atoms with E-state index in [9.17, 15) is 4.79 Å². The van der Waals surface area contributed by atoms with Gasteiger partial charge in [0.2, 0.25) is 5.91 Å². The molecule has 3 aromatic carbocycles. The summed E-state index contributed by atoms with van der Waals surface area (Å²) in [5.74, 6) is 1.08. The Morgan fingerprint density at radius 2 is 1.61 bits per heavy atom. The summed E-state index contributed by atoms with van der Waals surface area (Å²) in [4.78, 5) is 15.3. The van der Waals surface area contributed by atoms with Gasteiger partial charge in [-0.1, -0.05) is 60.2 Å². The molecule has 186 valence electrons. The number of benzene rings is 3. The number of methoxy groups -OCH3 is 1. The summed E-state index contributed by atoms with van der Waals surface area (Å²) in [7, 11) is 1.66. The summed E-state index contributed by atoms with van der Waals surface area (Å²) in [5.41, 5.74) is 6.30. The lowest BCUT2D eigenvalue weighted by Gasteiger charge is -2.31. The molecule has 1 N–H and O–H groups in total. The number of aromatic nitrogens is 1. The number of piperidine rings is 1. The molecule has 1 saturated heterocycles. The highest BCUT2D eigenvalue weighted by Gasteiger charge is 2.25. The fourth-order valence-corrected chi connectivity index (χ4v) is 5.12. The molecule has 2 heterocycles. The van der Waals surface area contributed by atoms with Crippen molar-refractivity contribution in [3.8, 4) is 5.75 Å². The molecule has 1 aromatic heterocycles. The number of carbonyl (C=O) groups excluding carboxylic acids is 1. The lowest BCUT2D eigenvalue weighted by Crippen LogP contribution is -2.40. The highest BCUT2D eigenvalue weighted by atomic mass is 16.5. The number of nitrogens with one attached hydrogen (secondary N) is 1. The molecule has 1 amide bonds. The van der Waals surface area contributed by atoms with Gasteiger partial charge >= 0.3 is 0 Å². The molecule has 36 heavy (non-hydrogen) atoms. The molecule has 1 aliphatic heterocycles. The van der Waals surface area contributed by atoms with E-state index in [0.29, 0.717) is 6.54 Å². The second-order valence-corrected chi connectivity index (χ2v) is 9.88. The number of rotatable bonds is 8. The highest BCUT2D eigenvalue weighted by Crippen LogP contribution is 2.25. The third kappa shape index (κ3) is 5.63. The summed E-state index contributed by atoms with van der Waals surface area (Å²) in [6.07, 6.45) is 1.79. The molecule has 0 atom stereocenters. The first-order valence-electron chi connectivity index (χ1n) is 12.8. The third-order valence-corrected chi connectivity index (χ3v) is 7.33. The average molecular weight is 482 g/mol. The maximum absolute atomic E-state index is 12.8. The number of fused-ring (bicyclic) bond motifs is 1. The van der Waals surface area contributed by atoms with Gasteiger partial charge in [-0.2, -0.15) is 0 Å². The molecule has 0 saturated carbocycles. The van der Waals surface area contributed by atoms with Crippen molar-refractivity contribution in [2.75, 3.05) is 20.2 Å². The first-order valence-corrected chi connectivity index (χ1v) is 12.8. The molecule has 5 heteroatoms. The Bertz CT molecular complexity index is 1300. The first kappa shape index (κ1) is 24.1. The normalized spacial score (nSPS) is 14.7. The maximum Gasteiger partial charge on any atom is 0.223 e. The molecule has 5 nitrogen and oxygen atoms in total. The fraction of sp³-hybridized carbons (Fsp3) is 0.323. The number of para-hydroxylation sites is 1. The summed E-state index contributed by atoms with van der Waals surface area (Å²) in [6, 6.07) is 27.6. The second kappa shape index (κ2) is 11.0. The van der Waals surface area contributed by atoms with E-state index >= 15 is 0 Å². The van der Waals surface area contributed by atoms with E-state index in [2.05, 4.69) is 76.3 Å². The Labute approximate surface area is 213 Å². The molecule has 0 unspecified atom stereocenters. The molecule has 0 bridgehead atoms. The van der Waals surface area contributed by atoms with Crippen LogP contribution in [0.15, 0.2) is 78.9 Å². The predicted octanol–water partition coefficient (Wildman–Crippen LogP) is 5.54. The van der Waals surface area contributed by atoms with Crippen LogP contribution >= 0.6 is 0 Å². The summed E-state index contributed by atoms with van der Waals surface area (Å²) in [5, 5.41) is 4.41. The van der Waals surface area contributed by atoms with Gasteiger partial charge in [0.1, 0.15) is 5.75 Å². The largest absolute Gasteiger partial charge is 0.497 e. The fourth-order valence-electron chi connectivity index (χ4n) is 5.12. The van der Waals surface area contributed by atoms with Crippen LogP contribution in [0.3, 0.4) is 0 Å². The zero-order chi connectivity index (χ0) is 24.9. The van der Waals surface area contributed by atoms with E-state index in [-0.39, 0.29) is 11.8 Å². The van der Waals surface area contributed by atoms with Gasteiger partial charge in [-0.3, -0.25) is 9.69 Å². The third-order valence-electron chi connectivity index (χ3n) is 7.33. The lowest BCUT2D eigenvalue weighted by atomic mass is 9.95. The van der Waals surface area contributed by atoms with Crippen molar-refractivity contribution in [2.45, 2.75) is 39.4 Å². The number of ether oxygens (including phenoxy) is 1. The zero-order valence-electron chi connectivity index (χ0n) is 21.2. The molecule has 0 spiro atoms. The lowest BCUT2D eigenvalue weighted by molar-refractivity contribution is -0.126. The van der Waals surface area contributed by atoms with Crippen LogP contribution in [0, 0.1) is 12.8 Å². The molecule has 5 rings (SSSR count). The molecule has 0 aliphatic carbocycles. The minimum Gasteiger partial charge on any atom is -0.497 e. The Morgan fingerprint density at radius 1 is 0.917 bits per heavy atom. The van der Waals surface area contributed by atoms with E-state index in [4.69, 9.17) is 4.74 Å². The Morgan fingerprint density at radius 3 is 2.33 bits per heavy atom. The van der Waals surface area contributed by atoms with Gasteiger partial charge in [0, 0.05) is 36.8 Å². The van der Waals surface area contributed by atoms with Crippen molar-refractivity contribution >= 4 is 16.8 Å².